The monoisotopic (exact) mass is 801 g/mol. The zero-order valence-electron chi connectivity index (χ0n) is 30.2. The summed E-state index contributed by atoms with van der Waals surface area (Å²) in [6.45, 7) is 3.11. The van der Waals surface area contributed by atoms with Gasteiger partial charge in [0.25, 0.3) is 10.1 Å². The second kappa shape index (κ2) is 19.5. The standard InChI is InChI=1S/C43H43N3O7S.Ni/c1-31-18-24-36(25-19-31)54(50,51)53-28-27-52-35-22-20-32(21-23-35)29-39(43(48)49)44-41(34-13-6-3-7-14-34)37-15-8-9-16-38(37)45-42(47)40-17-10-26-46(40)30-33-11-4-2-5-12-33;/h2-9,11-16,18-25,39-40H,10,17,26-30H2,1H3,(H,45,47)(H,48,49);/q;+2/p-2/t39-,40-;/m0./s1. The van der Waals surface area contributed by atoms with Crippen molar-refractivity contribution in [2.75, 3.05) is 19.8 Å². The fourth-order valence-electron chi connectivity index (χ4n) is 6.33. The van der Waals surface area contributed by atoms with Crippen molar-refractivity contribution in [1.82, 2.24) is 4.90 Å². The number of carbonyl (C=O) groups is 1. The van der Waals surface area contributed by atoms with E-state index in [2.05, 4.69) is 9.89 Å². The van der Waals surface area contributed by atoms with E-state index >= 15 is 0 Å². The number of carboxylic acids is 1. The van der Waals surface area contributed by atoms with Crippen molar-refractivity contribution in [3.63, 3.8) is 0 Å². The Morgan fingerprint density at radius 2 is 1.47 bits per heavy atom. The Labute approximate surface area is 332 Å². The zero-order chi connectivity index (χ0) is 37.9. The van der Waals surface area contributed by atoms with Gasteiger partial charge in [-0.15, -0.1) is 0 Å². The number of benzene rings is 5. The maximum Gasteiger partial charge on any atom is 2.00 e. The number of aryl methyl sites for hydroxylation is 1. The predicted octanol–water partition coefficient (Wildman–Crippen LogP) is 5.03. The molecule has 1 saturated heterocycles. The van der Waals surface area contributed by atoms with Crippen molar-refractivity contribution in [2.45, 2.75) is 49.7 Å². The van der Waals surface area contributed by atoms with Crippen LogP contribution in [0, 0.1) is 6.92 Å². The molecule has 0 aliphatic carbocycles. The molecule has 0 amide bonds. The molecule has 12 heteroatoms. The van der Waals surface area contributed by atoms with E-state index in [1.54, 1.807) is 54.6 Å². The number of hydrogen-bond acceptors (Lipinski definition) is 10. The van der Waals surface area contributed by atoms with Gasteiger partial charge in [0.15, 0.2) is 0 Å². The fraction of sp³-hybridized carbons (Fsp3) is 0.233. The molecule has 5 aromatic rings. The first kappa shape index (κ1) is 41.0. The van der Waals surface area contributed by atoms with Crippen LogP contribution in [0.25, 0.3) is 0 Å². The predicted molar refractivity (Wildman–Crippen MR) is 204 cm³/mol. The minimum Gasteiger partial charge on any atom is -0.861 e. The molecule has 286 valence electrons. The van der Waals surface area contributed by atoms with E-state index in [0.29, 0.717) is 46.8 Å². The molecule has 0 saturated carbocycles. The largest absolute Gasteiger partial charge is 2.00 e. The van der Waals surface area contributed by atoms with E-state index in [-0.39, 0.29) is 53.0 Å². The number of aliphatic imine (C=N–C) groups is 2. The summed E-state index contributed by atoms with van der Waals surface area (Å²) in [4.78, 5) is 24.2. The smallest absolute Gasteiger partial charge is 0.861 e. The Kier molecular flexibility index (Phi) is 14.5. The molecular weight excluding hydrogens is 761 g/mol. The van der Waals surface area contributed by atoms with Crippen LogP contribution in [0.1, 0.15) is 40.7 Å². The van der Waals surface area contributed by atoms with Crippen molar-refractivity contribution in [2.24, 2.45) is 9.98 Å². The van der Waals surface area contributed by atoms with Gasteiger partial charge >= 0.3 is 16.5 Å². The number of carbonyl (C=O) groups excluding carboxylic acids is 1. The van der Waals surface area contributed by atoms with Gasteiger partial charge in [0, 0.05) is 30.1 Å². The first-order valence-electron chi connectivity index (χ1n) is 17.8. The van der Waals surface area contributed by atoms with Crippen LogP contribution >= 0.6 is 0 Å². The van der Waals surface area contributed by atoms with Crippen molar-refractivity contribution < 1.29 is 48.8 Å². The minimum absolute atomic E-state index is 0. The summed E-state index contributed by atoms with van der Waals surface area (Å²) in [6.07, 6.45) is 1.62. The van der Waals surface area contributed by atoms with Crippen molar-refractivity contribution in [1.29, 1.82) is 0 Å². The van der Waals surface area contributed by atoms with Gasteiger partial charge in [0.1, 0.15) is 19.0 Å². The van der Waals surface area contributed by atoms with E-state index in [0.717, 1.165) is 24.1 Å². The molecule has 1 aliphatic heterocycles. The quantitative estimate of drug-likeness (QED) is 0.0445. The van der Waals surface area contributed by atoms with Gasteiger partial charge < -0.3 is 19.7 Å². The van der Waals surface area contributed by atoms with E-state index in [1.165, 1.54) is 12.1 Å². The number of nitrogens with zero attached hydrogens (tertiary/aromatic N) is 3. The topological polar surface area (TPSA) is 144 Å². The van der Waals surface area contributed by atoms with E-state index in [4.69, 9.17) is 13.9 Å². The molecule has 10 nitrogen and oxygen atoms in total. The summed E-state index contributed by atoms with van der Waals surface area (Å²) >= 11 is 0. The molecule has 1 fully saturated rings. The molecule has 2 atom stereocenters. The van der Waals surface area contributed by atoms with Crippen LogP contribution in [-0.2, 0) is 48.6 Å². The van der Waals surface area contributed by atoms with Crippen LogP contribution in [0.5, 0.6) is 5.75 Å². The number of aliphatic carboxylic acids is 1. The summed E-state index contributed by atoms with van der Waals surface area (Å²) in [5, 5.41) is 26.3. The Hall–Kier alpha value is -5.13. The van der Waals surface area contributed by atoms with Crippen LogP contribution in [0.15, 0.2) is 148 Å². The van der Waals surface area contributed by atoms with Gasteiger partial charge in [0.2, 0.25) is 0 Å². The van der Waals surface area contributed by atoms with Gasteiger partial charge in [-0.3, -0.25) is 19.1 Å². The number of likely N-dealkylation sites (tertiary alicyclic amines) is 1. The molecule has 6 rings (SSSR count). The molecule has 1 heterocycles. The number of hydrogen-bond donors (Lipinski definition) is 0. The Morgan fingerprint density at radius 3 is 2.16 bits per heavy atom. The SMILES string of the molecule is Cc1ccc(S(=O)(=O)OCCOc2ccc(C[C@H](N=C(c3ccccc3)c3ccccc3N=C([O-])[C@@H]3CCCN3Cc3ccccc3)C(=O)[O-])cc2)cc1.[Ni+2]. The van der Waals surface area contributed by atoms with E-state index < -0.39 is 22.1 Å². The van der Waals surface area contributed by atoms with Gasteiger partial charge in [-0.05, 0) is 73.7 Å². The molecule has 0 unspecified atom stereocenters. The molecule has 0 N–H and O–H groups in total. The first-order valence-corrected chi connectivity index (χ1v) is 19.2. The third kappa shape index (κ3) is 11.2. The molecule has 0 spiro atoms. The van der Waals surface area contributed by atoms with Crippen LogP contribution in [-0.4, -0.2) is 62.7 Å². The normalized spacial score (nSPS) is 15.6. The Balaban J connectivity index is 0.00000580. The molecule has 5 aromatic carbocycles. The van der Waals surface area contributed by atoms with E-state index in [9.17, 15) is 23.4 Å². The number of ether oxygens (including phenoxy) is 1. The molecule has 55 heavy (non-hydrogen) atoms. The summed E-state index contributed by atoms with van der Waals surface area (Å²) < 4.78 is 35.7. The van der Waals surface area contributed by atoms with Crippen LogP contribution in [0.2, 0.25) is 0 Å². The van der Waals surface area contributed by atoms with Gasteiger partial charge in [-0.25, -0.2) is 0 Å². The third-order valence-corrected chi connectivity index (χ3v) is 10.5. The molecule has 0 bridgehead atoms. The molecule has 0 radical (unpaired) electrons. The third-order valence-electron chi connectivity index (χ3n) is 9.12. The van der Waals surface area contributed by atoms with Crippen molar-refractivity contribution in [3.05, 3.63) is 161 Å². The summed E-state index contributed by atoms with van der Waals surface area (Å²) in [5.41, 5.74) is 4.72. The van der Waals surface area contributed by atoms with Crippen LogP contribution in [0.4, 0.5) is 5.69 Å². The second-order valence-electron chi connectivity index (χ2n) is 13.0. The summed E-state index contributed by atoms with van der Waals surface area (Å²) in [5.74, 6) is -1.15. The first-order chi connectivity index (χ1) is 26.2. The maximum absolute atomic E-state index is 13.7. The average molecular weight is 803 g/mol. The number of para-hydroxylation sites is 1. The number of carboxylic acid groups (broad SMARTS) is 1. The van der Waals surface area contributed by atoms with Gasteiger partial charge in [-0.1, -0.05) is 109 Å². The second-order valence-corrected chi connectivity index (χ2v) is 14.7. The van der Waals surface area contributed by atoms with E-state index in [1.807, 2.05) is 73.7 Å². The zero-order valence-corrected chi connectivity index (χ0v) is 32.0. The molecule has 0 aromatic heterocycles. The van der Waals surface area contributed by atoms with Gasteiger partial charge in [-0.2, -0.15) is 8.42 Å². The summed E-state index contributed by atoms with van der Waals surface area (Å²) in [7, 11) is -3.91. The maximum atomic E-state index is 13.7. The van der Waals surface area contributed by atoms with Gasteiger partial charge in [0.05, 0.1) is 28.3 Å². The van der Waals surface area contributed by atoms with Crippen LogP contribution in [0.3, 0.4) is 0 Å². The minimum atomic E-state index is -3.91. The Bertz CT molecular complexity index is 2180. The fourth-order valence-corrected chi connectivity index (χ4v) is 7.22. The number of rotatable bonds is 16. The average Bonchev–Trinajstić information content (AvgIpc) is 3.65. The summed E-state index contributed by atoms with van der Waals surface area (Å²) in [6, 6.07) is 37.9. The van der Waals surface area contributed by atoms with Crippen LogP contribution < -0.4 is 14.9 Å². The molecule has 1 aliphatic rings. The Morgan fingerprint density at radius 1 is 0.818 bits per heavy atom. The molecular formula is C43H41N3NiO7S. The van der Waals surface area contributed by atoms with Crippen molar-refractivity contribution in [3.8, 4) is 5.75 Å². The van der Waals surface area contributed by atoms with Crippen molar-refractivity contribution >= 4 is 33.4 Å².